The van der Waals surface area contributed by atoms with Gasteiger partial charge in [0.2, 0.25) is 0 Å². The number of nitrogens with zero attached hydrogens (tertiary/aromatic N) is 1. The minimum atomic E-state index is 1.05. The second kappa shape index (κ2) is 10.6. The Morgan fingerprint density at radius 1 is 0.436 bits per heavy atom. The maximum atomic E-state index is 4.65. The molecule has 0 aliphatic heterocycles. The van der Waals surface area contributed by atoms with Crippen molar-refractivity contribution in [3.05, 3.63) is 150 Å². The highest BCUT2D eigenvalue weighted by Gasteiger charge is 2.11. The molecule has 0 N–H and O–H groups in total. The van der Waals surface area contributed by atoms with Crippen LogP contribution in [0.2, 0.25) is 0 Å². The number of hydrogen-bond acceptors (Lipinski definition) is 1. The fourth-order valence-corrected chi connectivity index (χ4v) is 5.56. The van der Waals surface area contributed by atoms with Crippen LogP contribution in [0.5, 0.6) is 0 Å². The Hall–Kier alpha value is -4.75. The van der Waals surface area contributed by atoms with Crippen molar-refractivity contribution >= 4 is 54.5 Å². The van der Waals surface area contributed by atoms with E-state index in [0.29, 0.717) is 0 Å². The van der Waals surface area contributed by atoms with Gasteiger partial charge in [0.05, 0.1) is 5.69 Å². The van der Waals surface area contributed by atoms with E-state index in [9.17, 15) is 0 Å². The second-order valence-corrected chi connectivity index (χ2v) is 10.1. The number of para-hydroxylation sites is 1. The van der Waals surface area contributed by atoms with Crippen LogP contribution in [-0.2, 0) is 0 Å². The molecule has 0 unspecified atom stereocenters. The van der Waals surface area contributed by atoms with Gasteiger partial charge in [-0.15, -0.1) is 0 Å². The van der Waals surface area contributed by atoms with E-state index in [2.05, 4.69) is 116 Å². The minimum absolute atomic E-state index is 1.05. The van der Waals surface area contributed by atoms with Gasteiger partial charge in [-0.25, -0.2) is 0 Å². The Morgan fingerprint density at radius 3 is 1.54 bits per heavy atom. The molecule has 188 valence electrons. The zero-order valence-electron chi connectivity index (χ0n) is 22.6. The molecule has 0 bridgehead atoms. The number of aryl methyl sites for hydroxylation is 2. The summed E-state index contributed by atoms with van der Waals surface area (Å²) in [7, 11) is 0. The molecule has 0 heterocycles. The molecule has 0 aliphatic carbocycles. The van der Waals surface area contributed by atoms with Crippen molar-refractivity contribution in [1.82, 2.24) is 0 Å². The van der Waals surface area contributed by atoms with Crippen molar-refractivity contribution in [2.45, 2.75) is 20.8 Å². The Morgan fingerprint density at radius 2 is 0.897 bits per heavy atom. The van der Waals surface area contributed by atoms with E-state index in [1.54, 1.807) is 0 Å². The van der Waals surface area contributed by atoms with Crippen LogP contribution in [-0.4, -0.2) is 5.71 Å². The average molecular weight is 502 g/mol. The third-order valence-corrected chi connectivity index (χ3v) is 7.55. The third-order valence-electron chi connectivity index (χ3n) is 7.55. The summed E-state index contributed by atoms with van der Waals surface area (Å²) in [5.41, 5.74) is 5.82. The first-order chi connectivity index (χ1) is 19.1. The highest BCUT2D eigenvalue weighted by molar-refractivity contribution is 6.31. The summed E-state index contributed by atoms with van der Waals surface area (Å²) in [5, 5.41) is 10.8. The van der Waals surface area contributed by atoms with Crippen molar-refractivity contribution in [3.8, 4) is 0 Å². The first kappa shape index (κ1) is 24.6. The lowest BCUT2D eigenvalue weighted by Crippen LogP contribution is -1.93. The lowest BCUT2D eigenvalue weighted by Gasteiger charge is -2.14. The van der Waals surface area contributed by atoms with Crippen molar-refractivity contribution < 1.29 is 0 Å². The molecule has 39 heavy (non-hydrogen) atoms. The van der Waals surface area contributed by atoms with Gasteiger partial charge in [0.25, 0.3) is 0 Å². The van der Waals surface area contributed by atoms with Crippen molar-refractivity contribution in [3.63, 3.8) is 0 Å². The maximum Gasteiger partial charge on any atom is 0.0662 e. The molecule has 0 radical (unpaired) electrons. The van der Waals surface area contributed by atoms with Crippen LogP contribution in [0.3, 0.4) is 0 Å². The summed E-state index contributed by atoms with van der Waals surface area (Å²) < 4.78 is 0. The lowest BCUT2D eigenvalue weighted by atomic mass is 9.89. The topological polar surface area (TPSA) is 12.4 Å². The van der Waals surface area contributed by atoms with Crippen LogP contribution in [0.15, 0.2) is 138 Å². The van der Waals surface area contributed by atoms with Crippen molar-refractivity contribution in [2.24, 2.45) is 4.99 Å². The second-order valence-electron chi connectivity index (χ2n) is 10.1. The highest BCUT2D eigenvalue weighted by Crippen LogP contribution is 2.39. The largest absolute Gasteiger partial charge is 0.253 e. The monoisotopic (exact) mass is 501 g/mol. The number of rotatable bonds is 2. The molecule has 0 saturated carbocycles. The van der Waals surface area contributed by atoms with Crippen molar-refractivity contribution in [1.29, 1.82) is 0 Å². The molecule has 0 amide bonds. The van der Waals surface area contributed by atoms with Gasteiger partial charge in [-0.1, -0.05) is 127 Å². The zero-order valence-corrected chi connectivity index (χ0v) is 22.6. The van der Waals surface area contributed by atoms with E-state index in [4.69, 9.17) is 0 Å². The Labute approximate surface area is 230 Å². The molecule has 1 heteroatoms. The van der Waals surface area contributed by atoms with Crippen LogP contribution in [0.1, 0.15) is 23.6 Å². The molecule has 0 aromatic heterocycles. The maximum absolute atomic E-state index is 4.65. The summed E-state index contributed by atoms with van der Waals surface area (Å²) in [5.74, 6) is 0. The van der Waals surface area contributed by atoms with Crippen LogP contribution < -0.4 is 0 Å². The summed E-state index contributed by atoms with van der Waals surface area (Å²) >= 11 is 0. The fourth-order valence-electron chi connectivity index (χ4n) is 5.56. The van der Waals surface area contributed by atoms with Crippen molar-refractivity contribution in [2.75, 3.05) is 0 Å². The summed E-state index contributed by atoms with van der Waals surface area (Å²) in [6.07, 6.45) is 0. The van der Waals surface area contributed by atoms with Gasteiger partial charge in [0.15, 0.2) is 0 Å². The number of benzene rings is 7. The number of hydrogen-bond donors (Lipinski definition) is 0. The van der Waals surface area contributed by atoms with E-state index in [-0.39, 0.29) is 0 Å². The van der Waals surface area contributed by atoms with Gasteiger partial charge in [0.1, 0.15) is 0 Å². The predicted molar refractivity (Wildman–Crippen MR) is 171 cm³/mol. The summed E-state index contributed by atoms with van der Waals surface area (Å²) in [6.45, 7) is 6.34. The number of aliphatic imine (C=N–C) groups is 1. The first-order valence-corrected chi connectivity index (χ1v) is 13.5. The smallest absolute Gasteiger partial charge is 0.0662 e. The molecule has 0 spiro atoms. The van der Waals surface area contributed by atoms with E-state index >= 15 is 0 Å². The zero-order chi connectivity index (χ0) is 26.8. The van der Waals surface area contributed by atoms with Gasteiger partial charge >= 0.3 is 0 Å². The van der Waals surface area contributed by atoms with Crippen LogP contribution in [0.25, 0.3) is 43.1 Å². The standard InChI is InChI=1S/C23H16.C15H15N/c1-15-14-22-19-11-4-3-9-17(19)18-10-5-7-13-21(18)23(22)20-12-6-2-8-16(15)20;1-12-8-6-7-11-15(12)16-13(2)14-9-4-3-5-10-14/h2-14H,1H3;3-11H,1-2H3. The predicted octanol–water partition coefficient (Wildman–Crippen LogP) is 10.7. The van der Waals surface area contributed by atoms with E-state index < -0.39 is 0 Å². The SMILES string of the molecule is CC(=Nc1ccccc1C)c1ccccc1.Cc1cc2c3ccccc3c3ccccc3c2c2ccccc12. The molecule has 7 rings (SSSR count). The lowest BCUT2D eigenvalue weighted by molar-refractivity contribution is 1.38. The van der Waals surface area contributed by atoms with Gasteiger partial charge in [-0.05, 0) is 86.6 Å². The average Bonchev–Trinajstić information content (AvgIpc) is 2.99. The first-order valence-electron chi connectivity index (χ1n) is 13.5. The third kappa shape index (κ3) is 4.69. The van der Waals surface area contributed by atoms with E-state index in [0.717, 1.165) is 11.4 Å². The Bertz CT molecular complexity index is 1980. The van der Waals surface area contributed by atoms with E-state index in [1.807, 2.05) is 43.3 Å². The molecular weight excluding hydrogens is 470 g/mol. The molecule has 7 aromatic rings. The Balaban J connectivity index is 0.000000153. The molecule has 0 aliphatic rings. The van der Waals surface area contributed by atoms with Gasteiger partial charge in [-0.3, -0.25) is 4.99 Å². The van der Waals surface area contributed by atoms with Gasteiger partial charge in [-0.2, -0.15) is 0 Å². The van der Waals surface area contributed by atoms with E-state index in [1.165, 1.54) is 59.8 Å². The molecule has 7 aromatic carbocycles. The van der Waals surface area contributed by atoms with Gasteiger partial charge < -0.3 is 0 Å². The fraction of sp³-hybridized carbons (Fsp3) is 0.0789. The minimum Gasteiger partial charge on any atom is -0.253 e. The normalized spacial score (nSPS) is 11.6. The summed E-state index contributed by atoms with van der Waals surface area (Å²) in [4.78, 5) is 4.65. The Kier molecular flexibility index (Phi) is 6.65. The quantitative estimate of drug-likeness (QED) is 0.165. The molecule has 1 nitrogen and oxygen atoms in total. The summed E-state index contributed by atoms with van der Waals surface area (Å²) in [6, 6.07) is 47.1. The van der Waals surface area contributed by atoms with Crippen LogP contribution in [0, 0.1) is 13.8 Å². The molecule has 0 fully saturated rings. The molecular formula is C38H31N. The highest BCUT2D eigenvalue weighted by atomic mass is 14.7. The van der Waals surface area contributed by atoms with Gasteiger partial charge in [0, 0.05) is 5.71 Å². The van der Waals surface area contributed by atoms with Crippen LogP contribution >= 0.6 is 0 Å². The molecule has 0 saturated heterocycles. The molecule has 0 atom stereocenters. The van der Waals surface area contributed by atoms with Crippen LogP contribution in [0.4, 0.5) is 5.69 Å². The number of fused-ring (bicyclic) bond motifs is 8.